The van der Waals surface area contributed by atoms with Crippen LogP contribution in [0.3, 0.4) is 0 Å². The molecule has 0 aliphatic carbocycles. The first kappa shape index (κ1) is 7.79. The minimum atomic E-state index is -0.942. The normalized spacial score (nSPS) is 10.5. The van der Waals surface area contributed by atoms with Gasteiger partial charge in [0.1, 0.15) is 11.3 Å². The summed E-state index contributed by atoms with van der Waals surface area (Å²) in [5.41, 5.74) is 1.90. The number of fused-ring (bicyclic) bond motifs is 1. The molecule has 0 spiro atoms. The van der Waals surface area contributed by atoms with E-state index >= 15 is 0 Å². The number of nitrogens with zero attached hydrogens (tertiary/aromatic N) is 2. The number of aryl methyl sites for hydroxylation is 1. The molecule has 0 amide bonds. The quantitative estimate of drug-likeness (QED) is 0.713. The van der Waals surface area contributed by atoms with E-state index in [1.165, 1.54) is 0 Å². The molecule has 0 fully saturated rings. The van der Waals surface area contributed by atoms with E-state index in [4.69, 9.17) is 5.11 Å². The molecule has 0 unspecified atom stereocenters. The molecular weight excluding hydrogens is 168 g/mol. The van der Waals surface area contributed by atoms with Crippen molar-refractivity contribution >= 4 is 11.6 Å². The Bertz CT molecular complexity index is 473. The molecule has 0 bridgehead atoms. The Labute approximate surface area is 74.5 Å². The lowest BCUT2D eigenvalue weighted by Crippen LogP contribution is -2.04. The SMILES string of the molecule is Cc1ccc(C(=O)O)n2ccnc12. The minimum absolute atomic E-state index is 0.234. The molecule has 4 nitrogen and oxygen atoms in total. The summed E-state index contributed by atoms with van der Waals surface area (Å²) in [7, 11) is 0. The maximum Gasteiger partial charge on any atom is 0.352 e. The monoisotopic (exact) mass is 176 g/mol. The first-order valence-corrected chi connectivity index (χ1v) is 3.86. The summed E-state index contributed by atoms with van der Waals surface area (Å²) in [5.74, 6) is -0.942. The predicted octanol–water partition coefficient (Wildman–Crippen LogP) is 1.34. The number of aromatic nitrogens is 2. The van der Waals surface area contributed by atoms with Crippen LogP contribution in [0.1, 0.15) is 16.1 Å². The van der Waals surface area contributed by atoms with Crippen LogP contribution in [0.5, 0.6) is 0 Å². The van der Waals surface area contributed by atoms with Crippen LogP contribution in [0.15, 0.2) is 24.5 Å². The van der Waals surface area contributed by atoms with E-state index in [-0.39, 0.29) is 5.69 Å². The topological polar surface area (TPSA) is 54.6 Å². The summed E-state index contributed by atoms with van der Waals surface area (Å²) in [6.45, 7) is 1.90. The van der Waals surface area contributed by atoms with Gasteiger partial charge in [-0.1, -0.05) is 6.07 Å². The van der Waals surface area contributed by atoms with Gasteiger partial charge in [0.15, 0.2) is 0 Å². The fourth-order valence-electron chi connectivity index (χ4n) is 1.32. The van der Waals surface area contributed by atoms with Crippen LogP contribution in [0, 0.1) is 6.92 Å². The summed E-state index contributed by atoms with van der Waals surface area (Å²) >= 11 is 0. The van der Waals surface area contributed by atoms with Crippen molar-refractivity contribution in [2.75, 3.05) is 0 Å². The number of carbonyl (C=O) groups is 1. The van der Waals surface area contributed by atoms with Crippen LogP contribution >= 0.6 is 0 Å². The Hall–Kier alpha value is -1.84. The van der Waals surface area contributed by atoms with Crippen LogP contribution in [0.2, 0.25) is 0 Å². The van der Waals surface area contributed by atoms with Crippen LogP contribution in [0.4, 0.5) is 0 Å². The summed E-state index contributed by atoms with van der Waals surface area (Å²) in [6.07, 6.45) is 3.24. The summed E-state index contributed by atoms with van der Waals surface area (Å²) in [6, 6.07) is 3.33. The van der Waals surface area contributed by atoms with Crippen molar-refractivity contribution in [3.05, 3.63) is 35.8 Å². The number of aromatic carboxylic acids is 1. The molecule has 66 valence electrons. The van der Waals surface area contributed by atoms with E-state index in [0.29, 0.717) is 5.65 Å². The van der Waals surface area contributed by atoms with Crippen molar-refractivity contribution in [2.24, 2.45) is 0 Å². The molecule has 0 aliphatic heterocycles. The van der Waals surface area contributed by atoms with Gasteiger partial charge in [0.2, 0.25) is 0 Å². The zero-order chi connectivity index (χ0) is 9.42. The van der Waals surface area contributed by atoms with Gasteiger partial charge in [0.05, 0.1) is 0 Å². The Morgan fingerprint density at radius 3 is 3.00 bits per heavy atom. The Morgan fingerprint density at radius 2 is 2.31 bits per heavy atom. The fourth-order valence-corrected chi connectivity index (χ4v) is 1.32. The van der Waals surface area contributed by atoms with Crippen molar-refractivity contribution in [3.63, 3.8) is 0 Å². The number of pyridine rings is 1. The number of hydrogen-bond acceptors (Lipinski definition) is 2. The maximum atomic E-state index is 10.8. The number of carboxylic acids is 1. The van der Waals surface area contributed by atoms with E-state index < -0.39 is 5.97 Å². The van der Waals surface area contributed by atoms with Crippen LogP contribution in [-0.4, -0.2) is 20.5 Å². The largest absolute Gasteiger partial charge is 0.477 e. The van der Waals surface area contributed by atoms with E-state index in [9.17, 15) is 4.79 Å². The second-order valence-electron chi connectivity index (χ2n) is 2.83. The Balaban J connectivity index is 2.86. The molecular formula is C9H8N2O2. The molecule has 0 aliphatic rings. The third-order valence-electron chi connectivity index (χ3n) is 1.96. The number of imidazole rings is 1. The van der Waals surface area contributed by atoms with Gasteiger partial charge in [-0.2, -0.15) is 0 Å². The lowest BCUT2D eigenvalue weighted by molar-refractivity contribution is 0.0689. The number of carboxylic acid groups (broad SMARTS) is 1. The minimum Gasteiger partial charge on any atom is -0.477 e. The standard InChI is InChI=1S/C9H8N2O2/c1-6-2-3-7(9(12)13)11-5-4-10-8(6)11/h2-5H,1H3,(H,12,13). The number of rotatable bonds is 1. The molecule has 0 saturated heterocycles. The van der Waals surface area contributed by atoms with E-state index in [1.807, 2.05) is 6.92 Å². The van der Waals surface area contributed by atoms with Crippen LogP contribution in [0.25, 0.3) is 5.65 Å². The maximum absolute atomic E-state index is 10.8. The lowest BCUT2D eigenvalue weighted by atomic mass is 10.2. The summed E-state index contributed by atoms with van der Waals surface area (Å²) in [5, 5.41) is 8.84. The van der Waals surface area contributed by atoms with E-state index in [0.717, 1.165) is 5.56 Å². The zero-order valence-electron chi connectivity index (χ0n) is 7.06. The highest BCUT2D eigenvalue weighted by atomic mass is 16.4. The van der Waals surface area contributed by atoms with Crippen molar-refractivity contribution < 1.29 is 9.90 Å². The van der Waals surface area contributed by atoms with Crippen molar-refractivity contribution in [3.8, 4) is 0 Å². The van der Waals surface area contributed by atoms with Gasteiger partial charge in [-0.25, -0.2) is 9.78 Å². The molecule has 2 aromatic heterocycles. The highest BCUT2D eigenvalue weighted by Crippen LogP contribution is 2.10. The molecule has 4 heteroatoms. The first-order chi connectivity index (χ1) is 6.20. The van der Waals surface area contributed by atoms with Gasteiger partial charge in [-0.3, -0.25) is 4.40 Å². The van der Waals surface area contributed by atoms with Crippen molar-refractivity contribution in [1.29, 1.82) is 0 Å². The molecule has 2 rings (SSSR count). The smallest absolute Gasteiger partial charge is 0.352 e. The van der Waals surface area contributed by atoms with Crippen LogP contribution in [-0.2, 0) is 0 Å². The molecule has 0 saturated carbocycles. The van der Waals surface area contributed by atoms with Gasteiger partial charge < -0.3 is 5.11 Å². The third-order valence-corrected chi connectivity index (χ3v) is 1.96. The van der Waals surface area contributed by atoms with Gasteiger partial charge >= 0.3 is 5.97 Å². The molecule has 1 N–H and O–H groups in total. The zero-order valence-corrected chi connectivity index (χ0v) is 7.06. The average Bonchev–Trinajstić information content (AvgIpc) is 2.53. The predicted molar refractivity (Wildman–Crippen MR) is 46.9 cm³/mol. The number of hydrogen-bond donors (Lipinski definition) is 1. The second-order valence-corrected chi connectivity index (χ2v) is 2.83. The van der Waals surface area contributed by atoms with Crippen LogP contribution < -0.4 is 0 Å². The fraction of sp³-hybridized carbons (Fsp3) is 0.111. The van der Waals surface area contributed by atoms with Crippen molar-refractivity contribution in [2.45, 2.75) is 6.92 Å². The first-order valence-electron chi connectivity index (χ1n) is 3.86. The Kier molecular flexibility index (Phi) is 1.55. The Morgan fingerprint density at radius 1 is 1.54 bits per heavy atom. The van der Waals surface area contributed by atoms with E-state index in [1.54, 1.807) is 28.9 Å². The summed E-state index contributed by atoms with van der Waals surface area (Å²) < 4.78 is 1.57. The molecule has 2 heterocycles. The summed E-state index contributed by atoms with van der Waals surface area (Å²) in [4.78, 5) is 14.8. The van der Waals surface area contributed by atoms with Crippen molar-refractivity contribution in [1.82, 2.24) is 9.38 Å². The van der Waals surface area contributed by atoms with Gasteiger partial charge in [0.25, 0.3) is 0 Å². The molecule has 0 aromatic carbocycles. The van der Waals surface area contributed by atoms with Gasteiger partial charge in [-0.05, 0) is 18.6 Å². The molecule has 13 heavy (non-hydrogen) atoms. The highest BCUT2D eigenvalue weighted by Gasteiger charge is 2.08. The average molecular weight is 176 g/mol. The molecule has 0 radical (unpaired) electrons. The second kappa shape index (κ2) is 2.58. The third kappa shape index (κ3) is 1.07. The molecule has 0 atom stereocenters. The van der Waals surface area contributed by atoms with Gasteiger partial charge in [-0.15, -0.1) is 0 Å². The molecule has 2 aromatic rings. The van der Waals surface area contributed by atoms with E-state index in [2.05, 4.69) is 4.98 Å². The lowest BCUT2D eigenvalue weighted by Gasteiger charge is -2.01. The van der Waals surface area contributed by atoms with Gasteiger partial charge in [0, 0.05) is 12.4 Å². The highest BCUT2D eigenvalue weighted by molar-refractivity contribution is 5.86.